The van der Waals surface area contributed by atoms with Gasteiger partial charge in [0.25, 0.3) is 5.91 Å². The van der Waals surface area contributed by atoms with Crippen molar-refractivity contribution in [1.29, 1.82) is 0 Å². The normalized spacial score (nSPS) is 11.8. The molecule has 0 aromatic heterocycles. The molecule has 5 heteroatoms. The molecule has 0 saturated heterocycles. The summed E-state index contributed by atoms with van der Waals surface area (Å²) in [5.74, 6) is -0.312. The molecule has 0 heterocycles. The van der Waals surface area contributed by atoms with E-state index in [1.54, 1.807) is 52.1 Å². The van der Waals surface area contributed by atoms with Crippen LogP contribution in [0.25, 0.3) is 0 Å². The molecule has 0 radical (unpaired) electrons. The lowest BCUT2D eigenvalue weighted by Gasteiger charge is -2.25. The number of benzene rings is 1. The van der Waals surface area contributed by atoms with Crippen molar-refractivity contribution in [3.63, 3.8) is 0 Å². The first kappa shape index (κ1) is 17.5. The van der Waals surface area contributed by atoms with Gasteiger partial charge in [-0.05, 0) is 26.3 Å². The molecule has 0 spiro atoms. The number of carbonyl (C=O) groups is 2. The highest BCUT2D eigenvalue weighted by Gasteiger charge is 2.27. The SMILES string of the molecule is C=C=CN(C)C(=O)[C@@H](NC(=O)OC(C)(C)C)c1ccccc1. The van der Waals surface area contributed by atoms with Gasteiger partial charge in [0.1, 0.15) is 11.6 Å². The van der Waals surface area contributed by atoms with Gasteiger partial charge in [0.15, 0.2) is 0 Å². The number of hydrogen-bond donors (Lipinski definition) is 1. The maximum absolute atomic E-state index is 12.5. The van der Waals surface area contributed by atoms with E-state index >= 15 is 0 Å². The smallest absolute Gasteiger partial charge is 0.408 e. The number of alkyl carbamates (subject to hydrolysis) is 1. The van der Waals surface area contributed by atoms with Crippen molar-refractivity contribution in [2.75, 3.05) is 7.05 Å². The van der Waals surface area contributed by atoms with E-state index in [-0.39, 0.29) is 5.91 Å². The van der Waals surface area contributed by atoms with E-state index in [1.165, 1.54) is 11.1 Å². The number of likely N-dealkylation sites (N-methyl/N-ethyl adjacent to an activating group) is 1. The molecule has 2 amide bonds. The van der Waals surface area contributed by atoms with Gasteiger partial charge in [0.2, 0.25) is 0 Å². The predicted molar refractivity (Wildman–Crippen MR) is 85.0 cm³/mol. The van der Waals surface area contributed by atoms with Gasteiger partial charge < -0.3 is 15.0 Å². The van der Waals surface area contributed by atoms with Gasteiger partial charge in [-0.1, -0.05) is 36.9 Å². The second kappa shape index (κ2) is 7.48. The van der Waals surface area contributed by atoms with E-state index in [0.717, 1.165) is 0 Å². The molecule has 1 aromatic rings. The van der Waals surface area contributed by atoms with Crippen molar-refractivity contribution in [2.24, 2.45) is 0 Å². The van der Waals surface area contributed by atoms with E-state index in [2.05, 4.69) is 17.6 Å². The average molecular weight is 302 g/mol. The molecule has 0 bridgehead atoms. The van der Waals surface area contributed by atoms with Crippen LogP contribution in [0, 0.1) is 0 Å². The molecule has 0 saturated carbocycles. The second-order valence-corrected chi connectivity index (χ2v) is 5.77. The van der Waals surface area contributed by atoms with Gasteiger partial charge in [-0.25, -0.2) is 4.79 Å². The summed E-state index contributed by atoms with van der Waals surface area (Å²) >= 11 is 0. The monoisotopic (exact) mass is 302 g/mol. The van der Waals surface area contributed by atoms with Crippen LogP contribution in [0.4, 0.5) is 4.79 Å². The first-order valence-corrected chi connectivity index (χ1v) is 6.91. The van der Waals surface area contributed by atoms with Gasteiger partial charge in [0, 0.05) is 13.2 Å². The third-order valence-electron chi connectivity index (χ3n) is 2.67. The van der Waals surface area contributed by atoms with E-state index in [4.69, 9.17) is 4.74 Å². The topological polar surface area (TPSA) is 58.6 Å². The van der Waals surface area contributed by atoms with Crippen LogP contribution in [0.2, 0.25) is 0 Å². The quantitative estimate of drug-likeness (QED) is 0.870. The summed E-state index contributed by atoms with van der Waals surface area (Å²) in [6.45, 7) is 8.73. The van der Waals surface area contributed by atoms with E-state index in [0.29, 0.717) is 5.56 Å². The second-order valence-electron chi connectivity index (χ2n) is 5.77. The van der Waals surface area contributed by atoms with Crippen LogP contribution in [0.1, 0.15) is 32.4 Å². The molecular weight excluding hydrogens is 280 g/mol. The van der Waals surface area contributed by atoms with Gasteiger partial charge >= 0.3 is 6.09 Å². The van der Waals surface area contributed by atoms with E-state index < -0.39 is 17.7 Å². The van der Waals surface area contributed by atoms with Crippen molar-refractivity contribution in [3.05, 3.63) is 54.4 Å². The van der Waals surface area contributed by atoms with E-state index in [9.17, 15) is 9.59 Å². The number of ether oxygens (including phenoxy) is 1. The van der Waals surface area contributed by atoms with Crippen LogP contribution in [0.5, 0.6) is 0 Å². The first-order chi connectivity index (χ1) is 10.2. The summed E-state index contributed by atoms with van der Waals surface area (Å²) in [6, 6.07) is 8.14. The fourth-order valence-electron chi connectivity index (χ4n) is 1.76. The summed E-state index contributed by atoms with van der Waals surface area (Å²) in [6.07, 6.45) is 0.764. The maximum atomic E-state index is 12.5. The highest BCUT2D eigenvalue weighted by molar-refractivity contribution is 5.87. The van der Waals surface area contributed by atoms with Gasteiger partial charge in [0.05, 0.1) is 0 Å². The standard InChI is InChI=1S/C17H22N2O3/c1-6-12-19(5)15(20)14(13-10-8-7-9-11-13)18-16(21)22-17(2,3)4/h7-12,14H,1H2,2-5H3,(H,18,21)/t14-/m0/s1. The Morgan fingerprint density at radius 3 is 2.41 bits per heavy atom. The Balaban J connectivity index is 3.00. The largest absolute Gasteiger partial charge is 0.444 e. The van der Waals surface area contributed by atoms with Crippen LogP contribution in [-0.4, -0.2) is 29.5 Å². The van der Waals surface area contributed by atoms with Crippen LogP contribution in [-0.2, 0) is 9.53 Å². The number of rotatable bonds is 4. The van der Waals surface area contributed by atoms with Crippen LogP contribution in [0.15, 0.2) is 48.8 Å². The van der Waals surface area contributed by atoms with Crippen molar-refractivity contribution in [1.82, 2.24) is 10.2 Å². The Labute approximate surface area is 131 Å². The zero-order valence-electron chi connectivity index (χ0n) is 13.4. The molecule has 1 N–H and O–H groups in total. The lowest BCUT2D eigenvalue weighted by molar-refractivity contribution is -0.130. The zero-order valence-corrected chi connectivity index (χ0v) is 13.4. The molecule has 0 fully saturated rings. The van der Waals surface area contributed by atoms with Gasteiger partial charge in [-0.3, -0.25) is 4.79 Å². The number of carbonyl (C=O) groups excluding carboxylic acids is 2. The maximum Gasteiger partial charge on any atom is 0.408 e. The first-order valence-electron chi connectivity index (χ1n) is 6.91. The third-order valence-corrected chi connectivity index (χ3v) is 2.67. The summed E-state index contributed by atoms with van der Waals surface area (Å²) < 4.78 is 5.22. The van der Waals surface area contributed by atoms with Crippen molar-refractivity contribution in [3.8, 4) is 0 Å². The Hall–Kier alpha value is -2.52. The van der Waals surface area contributed by atoms with Crippen molar-refractivity contribution < 1.29 is 14.3 Å². The molecule has 0 aliphatic rings. The minimum Gasteiger partial charge on any atom is -0.444 e. The van der Waals surface area contributed by atoms with Crippen LogP contribution in [0.3, 0.4) is 0 Å². The molecule has 1 atom stereocenters. The van der Waals surface area contributed by atoms with E-state index in [1.807, 2.05) is 6.07 Å². The number of nitrogens with one attached hydrogen (secondary N) is 1. The minimum atomic E-state index is -0.842. The fourth-order valence-corrected chi connectivity index (χ4v) is 1.76. The lowest BCUT2D eigenvalue weighted by Crippen LogP contribution is -2.41. The molecule has 0 aliphatic heterocycles. The number of hydrogen-bond acceptors (Lipinski definition) is 3. The molecule has 118 valence electrons. The van der Waals surface area contributed by atoms with Crippen LogP contribution < -0.4 is 5.32 Å². The highest BCUT2D eigenvalue weighted by atomic mass is 16.6. The molecule has 5 nitrogen and oxygen atoms in total. The highest BCUT2D eigenvalue weighted by Crippen LogP contribution is 2.17. The molecule has 22 heavy (non-hydrogen) atoms. The number of amides is 2. The predicted octanol–water partition coefficient (Wildman–Crippen LogP) is 3.01. The zero-order chi connectivity index (χ0) is 16.8. The Morgan fingerprint density at radius 1 is 1.32 bits per heavy atom. The van der Waals surface area contributed by atoms with Crippen molar-refractivity contribution >= 4 is 12.0 Å². The molecule has 1 aromatic carbocycles. The summed E-state index contributed by atoms with van der Waals surface area (Å²) in [4.78, 5) is 25.8. The number of nitrogens with zero attached hydrogens (tertiary/aromatic N) is 1. The van der Waals surface area contributed by atoms with Crippen molar-refractivity contribution in [2.45, 2.75) is 32.4 Å². The van der Waals surface area contributed by atoms with Crippen LogP contribution >= 0.6 is 0 Å². The Kier molecular flexibility index (Phi) is 5.96. The summed E-state index contributed by atoms with van der Waals surface area (Å²) in [5.41, 5.74) is 2.56. The van der Waals surface area contributed by atoms with Gasteiger partial charge in [-0.15, -0.1) is 5.73 Å². The lowest BCUT2D eigenvalue weighted by atomic mass is 10.1. The molecule has 0 unspecified atom stereocenters. The average Bonchev–Trinajstić information content (AvgIpc) is 2.43. The molecular formula is C17H22N2O3. The summed E-state index contributed by atoms with van der Waals surface area (Å²) in [5, 5.41) is 2.61. The molecule has 0 aliphatic carbocycles. The Bertz CT molecular complexity index is 569. The summed E-state index contributed by atoms with van der Waals surface area (Å²) in [7, 11) is 1.58. The fraction of sp³-hybridized carbons (Fsp3) is 0.353. The Morgan fingerprint density at radius 2 is 1.91 bits per heavy atom. The van der Waals surface area contributed by atoms with Gasteiger partial charge in [-0.2, -0.15) is 0 Å². The minimum absolute atomic E-state index is 0.312. The molecule has 1 rings (SSSR count). The third kappa shape index (κ3) is 5.46.